The summed E-state index contributed by atoms with van der Waals surface area (Å²) < 4.78 is 5.18. The van der Waals surface area contributed by atoms with Crippen LogP contribution in [0.15, 0.2) is 4.52 Å². The molecular weight excluding hydrogens is 358 g/mol. The van der Waals surface area contributed by atoms with Crippen molar-refractivity contribution >= 4 is 11.9 Å². The second-order valence-electron chi connectivity index (χ2n) is 7.74. The lowest BCUT2D eigenvalue weighted by Gasteiger charge is -2.16. The van der Waals surface area contributed by atoms with Crippen molar-refractivity contribution in [3.8, 4) is 0 Å². The van der Waals surface area contributed by atoms with Crippen LogP contribution in [0.2, 0.25) is 0 Å². The molecule has 0 bridgehead atoms. The molecule has 1 aromatic rings. The zero-order valence-electron chi connectivity index (χ0n) is 17.9. The first-order valence-electron chi connectivity index (χ1n) is 10.8. The number of hydrogen-bond acceptors (Lipinski definition) is 4. The molecule has 1 fully saturated rings. The number of carbonyl (C=O) groups is 2. The van der Waals surface area contributed by atoms with Crippen molar-refractivity contribution in [2.45, 2.75) is 91.9 Å². The minimum Gasteiger partial charge on any atom is -0.481 e. The molecule has 1 saturated carbocycles. The lowest BCUT2D eigenvalue weighted by Crippen LogP contribution is -2.10. The van der Waals surface area contributed by atoms with E-state index >= 15 is 0 Å². The summed E-state index contributed by atoms with van der Waals surface area (Å²) in [6.45, 7) is 8.52. The molecule has 0 saturated heterocycles. The molecular formula is C22H37NO5. The fraction of sp³-hybridized carbons (Fsp3) is 0.773. The van der Waals surface area contributed by atoms with E-state index in [1.54, 1.807) is 0 Å². The van der Waals surface area contributed by atoms with Gasteiger partial charge in [-0.1, -0.05) is 39.3 Å². The van der Waals surface area contributed by atoms with Crippen molar-refractivity contribution in [2.75, 3.05) is 0 Å². The minimum atomic E-state index is -0.780. The molecule has 3 rings (SSSR count). The van der Waals surface area contributed by atoms with Gasteiger partial charge in [0.25, 0.3) is 0 Å². The molecule has 0 amide bonds. The highest BCUT2D eigenvalue weighted by Gasteiger charge is 2.29. The van der Waals surface area contributed by atoms with Crippen LogP contribution in [0.1, 0.15) is 89.7 Å². The van der Waals surface area contributed by atoms with E-state index in [0.717, 1.165) is 61.0 Å². The van der Waals surface area contributed by atoms with Crippen LogP contribution in [0.25, 0.3) is 0 Å². The standard InChI is InChI=1S/C10H13NO3.C10H18O2.C2H6/c12-10(13)6-5-8-7-3-1-2-4-9(7)14-11-8;1-7-3-4-9(8(7)2)5-6-10(11)12;1-2/h1-6H2,(H,12,13);7-9H,3-6H2,1-2H3,(H,11,12);1-2H3/t;7-,8-,9-;/m.1./s1. The highest BCUT2D eigenvalue weighted by molar-refractivity contribution is 5.67. The van der Waals surface area contributed by atoms with E-state index in [9.17, 15) is 9.59 Å². The van der Waals surface area contributed by atoms with E-state index in [4.69, 9.17) is 14.7 Å². The Morgan fingerprint density at radius 1 is 1.04 bits per heavy atom. The van der Waals surface area contributed by atoms with Gasteiger partial charge in [0.05, 0.1) is 12.1 Å². The molecule has 0 spiro atoms. The quantitative estimate of drug-likeness (QED) is 0.692. The second kappa shape index (κ2) is 12.6. The maximum atomic E-state index is 10.4. The van der Waals surface area contributed by atoms with Gasteiger partial charge in [-0.15, -0.1) is 0 Å². The smallest absolute Gasteiger partial charge is 0.303 e. The molecule has 6 heteroatoms. The largest absolute Gasteiger partial charge is 0.481 e. The van der Waals surface area contributed by atoms with Crippen molar-refractivity contribution in [2.24, 2.45) is 17.8 Å². The molecule has 0 unspecified atom stereocenters. The first-order chi connectivity index (χ1) is 13.4. The van der Waals surface area contributed by atoms with Crippen LogP contribution >= 0.6 is 0 Å². The van der Waals surface area contributed by atoms with Crippen molar-refractivity contribution < 1.29 is 24.3 Å². The van der Waals surface area contributed by atoms with Gasteiger partial charge in [-0.05, 0) is 49.9 Å². The second-order valence-corrected chi connectivity index (χ2v) is 7.74. The first-order valence-corrected chi connectivity index (χ1v) is 10.8. The van der Waals surface area contributed by atoms with Gasteiger partial charge in [0, 0.05) is 24.8 Å². The molecule has 0 aliphatic heterocycles. The summed E-state index contributed by atoms with van der Waals surface area (Å²) in [5.41, 5.74) is 2.01. The molecule has 0 aromatic carbocycles. The summed E-state index contributed by atoms with van der Waals surface area (Å²) in [5.74, 6) is 1.72. The van der Waals surface area contributed by atoms with Crippen molar-refractivity contribution in [3.63, 3.8) is 0 Å². The number of aryl methyl sites for hydroxylation is 2. The van der Waals surface area contributed by atoms with Crippen LogP contribution in [0.5, 0.6) is 0 Å². The maximum Gasteiger partial charge on any atom is 0.303 e. The molecule has 1 aromatic heterocycles. The van der Waals surface area contributed by atoms with Crippen molar-refractivity contribution in [3.05, 3.63) is 17.0 Å². The normalized spacial score (nSPS) is 22.9. The Kier molecular flexibility index (Phi) is 10.9. The predicted octanol–water partition coefficient (Wildman–Crippen LogP) is 5.13. The SMILES string of the molecule is CC.C[C@H]1[C@@H](CCC(=O)O)CC[C@H]1C.O=C(O)CCc1noc2c1CCCC2. The zero-order valence-corrected chi connectivity index (χ0v) is 17.9. The van der Waals surface area contributed by atoms with Crippen LogP contribution in [-0.2, 0) is 28.9 Å². The van der Waals surface area contributed by atoms with Gasteiger partial charge in [-0.3, -0.25) is 9.59 Å². The number of nitrogens with zero attached hydrogens (tertiary/aromatic N) is 1. The average molecular weight is 396 g/mol. The summed E-state index contributed by atoms with van der Waals surface area (Å²) >= 11 is 0. The van der Waals surface area contributed by atoms with Crippen LogP contribution < -0.4 is 0 Å². The maximum absolute atomic E-state index is 10.4. The Bertz CT molecular complexity index is 610. The lowest BCUT2D eigenvalue weighted by molar-refractivity contribution is -0.138. The minimum absolute atomic E-state index is 0.138. The summed E-state index contributed by atoms with van der Waals surface area (Å²) in [5, 5.41) is 21.0. The monoisotopic (exact) mass is 395 g/mol. The van der Waals surface area contributed by atoms with Gasteiger partial charge in [0.1, 0.15) is 5.76 Å². The Morgan fingerprint density at radius 3 is 2.25 bits per heavy atom. The molecule has 160 valence electrons. The van der Waals surface area contributed by atoms with Crippen LogP contribution in [-0.4, -0.2) is 27.3 Å². The van der Waals surface area contributed by atoms with Gasteiger partial charge in [-0.2, -0.15) is 0 Å². The number of carboxylic acid groups (broad SMARTS) is 2. The topological polar surface area (TPSA) is 101 Å². The third-order valence-electron chi connectivity index (χ3n) is 5.97. The summed E-state index contributed by atoms with van der Waals surface area (Å²) in [7, 11) is 0. The van der Waals surface area contributed by atoms with Crippen molar-refractivity contribution in [1.29, 1.82) is 0 Å². The highest BCUT2D eigenvalue weighted by atomic mass is 16.5. The van der Waals surface area contributed by atoms with Gasteiger partial charge in [0.15, 0.2) is 0 Å². The zero-order chi connectivity index (χ0) is 21.1. The van der Waals surface area contributed by atoms with E-state index in [2.05, 4.69) is 19.0 Å². The van der Waals surface area contributed by atoms with Gasteiger partial charge >= 0.3 is 11.9 Å². The number of carboxylic acids is 2. The summed E-state index contributed by atoms with van der Waals surface area (Å²) in [6, 6.07) is 0. The van der Waals surface area contributed by atoms with Crippen molar-refractivity contribution in [1.82, 2.24) is 5.16 Å². The molecule has 1 heterocycles. The summed E-state index contributed by atoms with van der Waals surface area (Å²) in [4.78, 5) is 20.7. The van der Waals surface area contributed by atoms with E-state index in [1.807, 2.05) is 13.8 Å². The van der Waals surface area contributed by atoms with E-state index in [0.29, 0.717) is 18.8 Å². The fourth-order valence-corrected chi connectivity index (χ4v) is 4.05. The molecule has 2 aliphatic carbocycles. The number of fused-ring (bicyclic) bond motifs is 1. The molecule has 2 N–H and O–H groups in total. The molecule has 28 heavy (non-hydrogen) atoms. The van der Waals surface area contributed by atoms with Gasteiger partial charge in [-0.25, -0.2) is 0 Å². The number of aliphatic carboxylic acids is 2. The van der Waals surface area contributed by atoms with Crippen LogP contribution in [0, 0.1) is 17.8 Å². The Hall–Kier alpha value is -1.85. The molecule has 0 radical (unpaired) electrons. The van der Waals surface area contributed by atoms with Gasteiger partial charge < -0.3 is 14.7 Å². The third-order valence-corrected chi connectivity index (χ3v) is 5.97. The molecule has 6 nitrogen and oxygen atoms in total. The third kappa shape index (κ3) is 7.64. The number of aromatic nitrogens is 1. The Morgan fingerprint density at radius 2 is 1.68 bits per heavy atom. The summed E-state index contributed by atoms with van der Waals surface area (Å²) in [6.07, 6.45) is 8.63. The van der Waals surface area contributed by atoms with E-state index in [1.165, 1.54) is 12.8 Å². The van der Waals surface area contributed by atoms with Crippen LogP contribution in [0.4, 0.5) is 0 Å². The van der Waals surface area contributed by atoms with E-state index < -0.39 is 11.9 Å². The highest BCUT2D eigenvalue weighted by Crippen LogP contribution is 2.38. The Labute approximate surface area is 168 Å². The molecule has 3 atom stereocenters. The van der Waals surface area contributed by atoms with Gasteiger partial charge in [0.2, 0.25) is 0 Å². The number of rotatable bonds is 6. The Balaban J connectivity index is 0.000000260. The average Bonchev–Trinajstić information content (AvgIpc) is 3.24. The predicted molar refractivity (Wildman–Crippen MR) is 108 cm³/mol. The fourth-order valence-electron chi connectivity index (χ4n) is 4.05. The first kappa shape index (κ1) is 24.2. The number of hydrogen-bond donors (Lipinski definition) is 2. The van der Waals surface area contributed by atoms with Crippen LogP contribution in [0.3, 0.4) is 0 Å². The lowest BCUT2D eigenvalue weighted by atomic mass is 9.89. The van der Waals surface area contributed by atoms with E-state index in [-0.39, 0.29) is 6.42 Å². The molecule has 2 aliphatic rings.